The van der Waals surface area contributed by atoms with E-state index in [0.29, 0.717) is 12.4 Å². The Balaban J connectivity index is 2.48. The van der Waals surface area contributed by atoms with E-state index < -0.39 is 0 Å². The summed E-state index contributed by atoms with van der Waals surface area (Å²) in [6.07, 6.45) is 0.989. The zero-order chi connectivity index (χ0) is 12.3. The molecule has 2 rings (SSSR count). The van der Waals surface area contributed by atoms with E-state index in [4.69, 9.17) is 10.5 Å². The molecule has 0 aliphatic heterocycles. The fraction of sp³-hybridized carbons (Fsp3) is 0.308. The maximum Gasteiger partial charge on any atom is 0.145 e. The van der Waals surface area contributed by atoms with Gasteiger partial charge in [-0.3, -0.25) is 5.10 Å². The summed E-state index contributed by atoms with van der Waals surface area (Å²) in [6, 6.07) is 8.00. The minimum atomic E-state index is 0.490. The molecule has 4 heteroatoms. The van der Waals surface area contributed by atoms with Gasteiger partial charge in [0.15, 0.2) is 0 Å². The Morgan fingerprint density at radius 2 is 2.12 bits per heavy atom. The number of rotatable bonds is 4. The van der Waals surface area contributed by atoms with Crippen molar-refractivity contribution in [3.63, 3.8) is 0 Å². The Morgan fingerprint density at radius 1 is 1.29 bits per heavy atom. The molecule has 0 atom stereocenters. The van der Waals surface area contributed by atoms with Crippen LogP contribution < -0.4 is 10.5 Å². The third-order valence-electron chi connectivity index (χ3n) is 2.64. The van der Waals surface area contributed by atoms with Gasteiger partial charge in [-0.2, -0.15) is 5.10 Å². The molecule has 0 amide bonds. The number of nitrogens with two attached hydrogens (primary N) is 1. The normalized spacial score (nSPS) is 10.5. The fourth-order valence-corrected chi connectivity index (χ4v) is 1.76. The highest BCUT2D eigenvalue weighted by Crippen LogP contribution is 2.30. The van der Waals surface area contributed by atoms with E-state index in [2.05, 4.69) is 29.3 Å². The number of benzene rings is 1. The van der Waals surface area contributed by atoms with Crippen LogP contribution in [0.4, 0.5) is 5.82 Å². The van der Waals surface area contributed by atoms with Crippen LogP contribution in [0.15, 0.2) is 24.3 Å². The van der Waals surface area contributed by atoms with E-state index in [-0.39, 0.29) is 0 Å². The van der Waals surface area contributed by atoms with E-state index in [1.54, 1.807) is 0 Å². The summed E-state index contributed by atoms with van der Waals surface area (Å²) >= 11 is 0. The Bertz CT molecular complexity index is 505. The van der Waals surface area contributed by atoms with Crippen LogP contribution in [0, 0.1) is 0 Å². The standard InChI is InChI=1S/C13H17N3O/c1-3-9-5-6-12(17-4-2)10(7-9)11-8-13(14)16-15-11/h5-8H,3-4H2,1-2H3,(H3,14,15,16). The number of hydrogen-bond donors (Lipinski definition) is 2. The van der Waals surface area contributed by atoms with Crippen LogP contribution in [0.3, 0.4) is 0 Å². The molecule has 4 nitrogen and oxygen atoms in total. The van der Waals surface area contributed by atoms with Gasteiger partial charge in [0, 0.05) is 11.6 Å². The first kappa shape index (κ1) is 11.5. The van der Waals surface area contributed by atoms with E-state index in [1.807, 2.05) is 19.1 Å². The number of aryl methyl sites for hydroxylation is 1. The SMILES string of the molecule is CCOc1ccc(CC)cc1-c1cc(N)n[nH]1. The lowest BCUT2D eigenvalue weighted by atomic mass is 10.1. The summed E-state index contributed by atoms with van der Waals surface area (Å²) < 4.78 is 5.61. The second kappa shape index (κ2) is 4.91. The molecule has 1 heterocycles. The molecule has 1 aromatic heterocycles. The van der Waals surface area contributed by atoms with Gasteiger partial charge < -0.3 is 10.5 Å². The van der Waals surface area contributed by atoms with Crippen molar-refractivity contribution in [1.29, 1.82) is 0 Å². The first-order valence-electron chi connectivity index (χ1n) is 5.81. The lowest BCUT2D eigenvalue weighted by molar-refractivity contribution is 0.341. The molecule has 0 fully saturated rings. The van der Waals surface area contributed by atoms with Gasteiger partial charge in [-0.05, 0) is 31.0 Å². The molecule has 0 bridgehead atoms. The van der Waals surface area contributed by atoms with Crippen LogP contribution >= 0.6 is 0 Å². The number of H-pyrrole nitrogens is 1. The average Bonchev–Trinajstić information content (AvgIpc) is 2.77. The predicted molar refractivity (Wildman–Crippen MR) is 69.0 cm³/mol. The molecule has 17 heavy (non-hydrogen) atoms. The minimum absolute atomic E-state index is 0.490. The number of ether oxygens (including phenoxy) is 1. The number of nitrogen functional groups attached to an aromatic ring is 1. The van der Waals surface area contributed by atoms with Gasteiger partial charge in [0.05, 0.1) is 12.3 Å². The van der Waals surface area contributed by atoms with E-state index >= 15 is 0 Å². The molecule has 90 valence electrons. The van der Waals surface area contributed by atoms with Gasteiger partial charge in [0.1, 0.15) is 11.6 Å². The Hall–Kier alpha value is -1.97. The minimum Gasteiger partial charge on any atom is -0.493 e. The molecular formula is C13H17N3O. The second-order valence-electron chi connectivity index (χ2n) is 3.82. The first-order valence-corrected chi connectivity index (χ1v) is 5.81. The smallest absolute Gasteiger partial charge is 0.145 e. The van der Waals surface area contributed by atoms with Gasteiger partial charge in [0.25, 0.3) is 0 Å². The van der Waals surface area contributed by atoms with Crippen molar-refractivity contribution in [3.8, 4) is 17.0 Å². The Labute approximate surface area is 101 Å². The molecule has 0 aliphatic rings. The summed E-state index contributed by atoms with van der Waals surface area (Å²) in [5.74, 6) is 1.35. The highest BCUT2D eigenvalue weighted by molar-refractivity contribution is 5.69. The number of hydrogen-bond acceptors (Lipinski definition) is 3. The van der Waals surface area contributed by atoms with Crippen molar-refractivity contribution in [2.24, 2.45) is 0 Å². The molecule has 1 aromatic carbocycles. The number of aromatic amines is 1. The zero-order valence-electron chi connectivity index (χ0n) is 10.2. The molecule has 0 unspecified atom stereocenters. The molecule has 0 aliphatic carbocycles. The van der Waals surface area contributed by atoms with Gasteiger partial charge in [-0.25, -0.2) is 0 Å². The van der Waals surface area contributed by atoms with Crippen LogP contribution in [0.2, 0.25) is 0 Å². The van der Waals surface area contributed by atoms with Crippen molar-refractivity contribution in [2.75, 3.05) is 12.3 Å². The maximum absolute atomic E-state index is 5.63. The highest BCUT2D eigenvalue weighted by atomic mass is 16.5. The van der Waals surface area contributed by atoms with Crippen LogP contribution in [0.5, 0.6) is 5.75 Å². The summed E-state index contributed by atoms with van der Waals surface area (Å²) in [7, 11) is 0. The molecule has 0 spiro atoms. The van der Waals surface area contributed by atoms with Crippen LogP contribution in [-0.4, -0.2) is 16.8 Å². The Morgan fingerprint density at radius 3 is 2.71 bits per heavy atom. The van der Waals surface area contributed by atoms with E-state index in [0.717, 1.165) is 23.4 Å². The molecule has 0 saturated heterocycles. The van der Waals surface area contributed by atoms with Crippen molar-refractivity contribution >= 4 is 5.82 Å². The molecule has 3 N–H and O–H groups in total. The molecule has 0 saturated carbocycles. The summed E-state index contributed by atoms with van der Waals surface area (Å²) in [4.78, 5) is 0. The van der Waals surface area contributed by atoms with Crippen molar-refractivity contribution in [3.05, 3.63) is 29.8 Å². The summed E-state index contributed by atoms with van der Waals surface area (Å²) in [5, 5.41) is 6.86. The van der Waals surface area contributed by atoms with Crippen LogP contribution in [0.25, 0.3) is 11.3 Å². The van der Waals surface area contributed by atoms with Crippen molar-refractivity contribution < 1.29 is 4.74 Å². The number of anilines is 1. The molecule has 2 aromatic rings. The van der Waals surface area contributed by atoms with Gasteiger partial charge in [-0.1, -0.05) is 13.0 Å². The molecular weight excluding hydrogens is 214 g/mol. The lowest BCUT2D eigenvalue weighted by Crippen LogP contribution is -1.95. The quantitative estimate of drug-likeness (QED) is 0.850. The van der Waals surface area contributed by atoms with Crippen molar-refractivity contribution in [2.45, 2.75) is 20.3 Å². The van der Waals surface area contributed by atoms with Gasteiger partial charge in [0.2, 0.25) is 0 Å². The summed E-state index contributed by atoms with van der Waals surface area (Å²) in [6.45, 7) is 4.74. The average molecular weight is 231 g/mol. The second-order valence-corrected chi connectivity index (χ2v) is 3.82. The topological polar surface area (TPSA) is 63.9 Å². The van der Waals surface area contributed by atoms with Crippen LogP contribution in [0.1, 0.15) is 19.4 Å². The zero-order valence-corrected chi connectivity index (χ0v) is 10.2. The fourth-order valence-electron chi connectivity index (χ4n) is 1.76. The predicted octanol–water partition coefficient (Wildman–Crippen LogP) is 2.62. The monoisotopic (exact) mass is 231 g/mol. The maximum atomic E-state index is 5.63. The third-order valence-corrected chi connectivity index (χ3v) is 2.64. The lowest BCUT2D eigenvalue weighted by Gasteiger charge is -2.10. The highest BCUT2D eigenvalue weighted by Gasteiger charge is 2.09. The van der Waals surface area contributed by atoms with E-state index in [9.17, 15) is 0 Å². The third kappa shape index (κ3) is 2.41. The Kier molecular flexibility index (Phi) is 3.32. The van der Waals surface area contributed by atoms with Crippen LogP contribution in [-0.2, 0) is 6.42 Å². The van der Waals surface area contributed by atoms with E-state index in [1.165, 1.54) is 5.56 Å². The number of nitrogens with zero attached hydrogens (tertiary/aromatic N) is 1. The number of nitrogens with one attached hydrogen (secondary N) is 1. The number of aromatic nitrogens is 2. The first-order chi connectivity index (χ1) is 8.24. The van der Waals surface area contributed by atoms with Gasteiger partial charge in [-0.15, -0.1) is 0 Å². The van der Waals surface area contributed by atoms with Crippen molar-refractivity contribution in [1.82, 2.24) is 10.2 Å². The molecule has 0 radical (unpaired) electrons. The summed E-state index contributed by atoms with van der Waals surface area (Å²) in [5.41, 5.74) is 8.79. The van der Waals surface area contributed by atoms with Gasteiger partial charge >= 0.3 is 0 Å². The largest absolute Gasteiger partial charge is 0.493 e.